The quantitative estimate of drug-likeness (QED) is 0.902. The van der Waals surface area contributed by atoms with Crippen LogP contribution in [0.1, 0.15) is 24.4 Å². The standard InChI is InChI=1S/C11H14BrNO/c1-14-11-8(3-2-4-9(11)12)10(13)7-5-6-7/h2-4,7,10H,5-6,13H2,1H3. The Labute approximate surface area is 92.6 Å². The molecule has 0 bridgehead atoms. The highest BCUT2D eigenvalue weighted by molar-refractivity contribution is 9.10. The first-order chi connectivity index (χ1) is 6.74. The molecule has 1 aromatic rings. The van der Waals surface area contributed by atoms with Crippen LogP contribution in [0, 0.1) is 5.92 Å². The highest BCUT2D eigenvalue weighted by Crippen LogP contribution is 2.43. The predicted octanol–water partition coefficient (Wildman–Crippen LogP) is 2.87. The Bertz CT molecular complexity index is 336. The van der Waals surface area contributed by atoms with E-state index < -0.39 is 0 Å². The van der Waals surface area contributed by atoms with Gasteiger partial charge in [-0.2, -0.15) is 0 Å². The van der Waals surface area contributed by atoms with Crippen molar-refractivity contribution in [1.82, 2.24) is 0 Å². The van der Waals surface area contributed by atoms with Gasteiger partial charge in [0.2, 0.25) is 0 Å². The third-order valence-corrected chi connectivity index (χ3v) is 3.32. The zero-order chi connectivity index (χ0) is 10.1. The van der Waals surface area contributed by atoms with Crippen molar-refractivity contribution in [3.8, 4) is 5.75 Å². The summed E-state index contributed by atoms with van der Waals surface area (Å²) in [6.45, 7) is 0. The highest BCUT2D eigenvalue weighted by atomic mass is 79.9. The van der Waals surface area contributed by atoms with Gasteiger partial charge in [-0.15, -0.1) is 0 Å². The largest absolute Gasteiger partial charge is 0.495 e. The van der Waals surface area contributed by atoms with Crippen LogP contribution in [-0.4, -0.2) is 7.11 Å². The molecule has 3 heteroatoms. The van der Waals surface area contributed by atoms with Gasteiger partial charge in [-0.25, -0.2) is 0 Å². The smallest absolute Gasteiger partial charge is 0.137 e. The minimum atomic E-state index is 0.127. The number of methoxy groups -OCH3 is 1. The second-order valence-corrected chi connectivity index (χ2v) is 4.58. The lowest BCUT2D eigenvalue weighted by atomic mass is 10.0. The van der Waals surface area contributed by atoms with E-state index in [0.29, 0.717) is 5.92 Å². The Hall–Kier alpha value is -0.540. The van der Waals surface area contributed by atoms with Crippen molar-refractivity contribution < 1.29 is 4.74 Å². The summed E-state index contributed by atoms with van der Waals surface area (Å²) < 4.78 is 6.33. The van der Waals surface area contributed by atoms with Gasteiger partial charge in [0.15, 0.2) is 0 Å². The average molecular weight is 256 g/mol. The number of halogens is 1. The molecule has 2 N–H and O–H groups in total. The van der Waals surface area contributed by atoms with Crippen molar-refractivity contribution >= 4 is 15.9 Å². The molecule has 1 aliphatic carbocycles. The van der Waals surface area contributed by atoms with Gasteiger partial charge in [0, 0.05) is 11.6 Å². The van der Waals surface area contributed by atoms with Gasteiger partial charge in [-0.1, -0.05) is 12.1 Å². The van der Waals surface area contributed by atoms with E-state index in [1.807, 2.05) is 18.2 Å². The van der Waals surface area contributed by atoms with Crippen molar-refractivity contribution in [2.24, 2.45) is 11.7 Å². The van der Waals surface area contributed by atoms with Crippen LogP contribution in [0.25, 0.3) is 0 Å². The molecule has 0 amide bonds. The maximum Gasteiger partial charge on any atom is 0.137 e. The fourth-order valence-electron chi connectivity index (χ4n) is 1.71. The Balaban J connectivity index is 2.35. The van der Waals surface area contributed by atoms with E-state index in [-0.39, 0.29) is 6.04 Å². The van der Waals surface area contributed by atoms with Crippen LogP contribution in [0.4, 0.5) is 0 Å². The Morgan fingerprint density at radius 3 is 2.79 bits per heavy atom. The van der Waals surface area contributed by atoms with E-state index >= 15 is 0 Å². The predicted molar refractivity (Wildman–Crippen MR) is 60.3 cm³/mol. The molecular weight excluding hydrogens is 242 g/mol. The maximum atomic E-state index is 6.14. The molecule has 2 rings (SSSR count). The normalized spacial score (nSPS) is 17.9. The molecule has 0 aromatic heterocycles. The number of hydrogen-bond donors (Lipinski definition) is 1. The first-order valence-electron chi connectivity index (χ1n) is 4.82. The van der Waals surface area contributed by atoms with Gasteiger partial charge in [-0.3, -0.25) is 0 Å². The lowest BCUT2D eigenvalue weighted by molar-refractivity contribution is 0.400. The second-order valence-electron chi connectivity index (χ2n) is 3.73. The Morgan fingerprint density at radius 1 is 1.50 bits per heavy atom. The number of benzene rings is 1. The average Bonchev–Trinajstić information content (AvgIpc) is 2.99. The zero-order valence-corrected chi connectivity index (χ0v) is 9.75. The molecule has 1 fully saturated rings. The zero-order valence-electron chi connectivity index (χ0n) is 8.16. The molecule has 1 atom stereocenters. The fourth-order valence-corrected chi connectivity index (χ4v) is 2.26. The van der Waals surface area contributed by atoms with Crippen LogP contribution in [-0.2, 0) is 0 Å². The summed E-state index contributed by atoms with van der Waals surface area (Å²) in [6.07, 6.45) is 2.49. The van der Waals surface area contributed by atoms with Crippen LogP contribution >= 0.6 is 15.9 Å². The molecule has 0 radical (unpaired) electrons. The van der Waals surface area contributed by atoms with Crippen molar-refractivity contribution in [3.63, 3.8) is 0 Å². The van der Waals surface area contributed by atoms with Crippen LogP contribution in [0.15, 0.2) is 22.7 Å². The maximum absolute atomic E-state index is 6.14. The third-order valence-electron chi connectivity index (χ3n) is 2.69. The number of ether oxygens (including phenoxy) is 1. The van der Waals surface area contributed by atoms with Crippen LogP contribution in [0.5, 0.6) is 5.75 Å². The van der Waals surface area contributed by atoms with Crippen molar-refractivity contribution in [2.45, 2.75) is 18.9 Å². The van der Waals surface area contributed by atoms with Gasteiger partial charge in [0.05, 0.1) is 11.6 Å². The summed E-state index contributed by atoms with van der Waals surface area (Å²) >= 11 is 3.46. The van der Waals surface area contributed by atoms with Crippen LogP contribution < -0.4 is 10.5 Å². The first-order valence-corrected chi connectivity index (χ1v) is 5.61. The summed E-state index contributed by atoms with van der Waals surface area (Å²) in [7, 11) is 1.68. The number of hydrogen-bond acceptors (Lipinski definition) is 2. The summed E-state index contributed by atoms with van der Waals surface area (Å²) in [5, 5.41) is 0. The molecule has 1 unspecified atom stereocenters. The molecule has 1 saturated carbocycles. The fraction of sp³-hybridized carbons (Fsp3) is 0.455. The van der Waals surface area contributed by atoms with Crippen LogP contribution in [0.3, 0.4) is 0 Å². The summed E-state index contributed by atoms with van der Waals surface area (Å²) in [4.78, 5) is 0. The second kappa shape index (κ2) is 3.91. The molecule has 2 nitrogen and oxygen atoms in total. The molecule has 1 aromatic carbocycles. The summed E-state index contributed by atoms with van der Waals surface area (Å²) in [5.41, 5.74) is 7.26. The van der Waals surface area contributed by atoms with Crippen molar-refractivity contribution in [2.75, 3.05) is 7.11 Å². The van der Waals surface area contributed by atoms with Gasteiger partial charge < -0.3 is 10.5 Å². The van der Waals surface area contributed by atoms with E-state index in [0.717, 1.165) is 15.8 Å². The van der Waals surface area contributed by atoms with Crippen LogP contribution in [0.2, 0.25) is 0 Å². The Kier molecular flexibility index (Phi) is 2.79. The van der Waals surface area contributed by atoms with Gasteiger partial charge in [0.1, 0.15) is 5.75 Å². The molecule has 1 aliphatic rings. The lowest BCUT2D eigenvalue weighted by Gasteiger charge is -2.15. The molecule has 0 spiro atoms. The number of para-hydroxylation sites is 1. The lowest BCUT2D eigenvalue weighted by Crippen LogP contribution is -2.13. The Morgan fingerprint density at radius 2 is 2.21 bits per heavy atom. The molecule has 76 valence electrons. The van der Waals surface area contributed by atoms with E-state index in [9.17, 15) is 0 Å². The van der Waals surface area contributed by atoms with Crippen molar-refractivity contribution in [3.05, 3.63) is 28.2 Å². The monoisotopic (exact) mass is 255 g/mol. The van der Waals surface area contributed by atoms with Gasteiger partial charge in [0.25, 0.3) is 0 Å². The molecule has 14 heavy (non-hydrogen) atoms. The van der Waals surface area contributed by atoms with Gasteiger partial charge >= 0.3 is 0 Å². The SMILES string of the molecule is COc1c(Br)cccc1C(N)C1CC1. The third kappa shape index (κ3) is 1.79. The minimum Gasteiger partial charge on any atom is -0.495 e. The van der Waals surface area contributed by atoms with E-state index in [1.165, 1.54) is 12.8 Å². The van der Waals surface area contributed by atoms with E-state index in [1.54, 1.807) is 7.11 Å². The van der Waals surface area contributed by atoms with E-state index in [2.05, 4.69) is 15.9 Å². The van der Waals surface area contributed by atoms with Crippen molar-refractivity contribution in [1.29, 1.82) is 0 Å². The van der Waals surface area contributed by atoms with Gasteiger partial charge in [-0.05, 0) is 40.8 Å². The number of nitrogens with two attached hydrogens (primary N) is 1. The molecule has 0 saturated heterocycles. The van der Waals surface area contributed by atoms with E-state index in [4.69, 9.17) is 10.5 Å². The topological polar surface area (TPSA) is 35.2 Å². The first kappa shape index (κ1) is 9.99. The minimum absolute atomic E-state index is 0.127. The molecule has 0 heterocycles. The number of rotatable bonds is 3. The summed E-state index contributed by atoms with van der Waals surface area (Å²) in [5.74, 6) is 1.53. The molecular formula is C11H14BrNO. The summed E-state index contributed by atoms with van der Waals surface area (Å²) in [6, 6.07) is 6.15. The highest BCUT2D eigenvalue weighted by Gasteiger charge is 2.31. The molecule has 0 aliphatic heterocycles.